The molecule has 1 N–H and O–H groups in total. The standard InChI is InChI=1S/C20H30ClN3O3S/c1-3-23(4-2)18(16-7-5-6-8-17(16)21)13-22-19(25)14-28-15-20(26)24-9-11-27-12-10-24/h5-8,18H,3-4,9-15H2,1-2H3,(H,22,25). The van der Waals surface area contributed by atoms with E-state index in [2.05, 4.69) is 24.1 Å². The van der Waals surface area contributed by atoms with Crippen molar-refractivity contribution in [1.82, 2.24) is 15.1 Å². The summed E-state index contributed by atoms with van der Waals surface area (Å²) >= 11 is 7.74. The van der Waals surface area contributed by atoms with Crippen LogP contribution in [-0.4, -0.2) is 79.1 Å². The fraction of sp³-hybridized carbons (Fsp3) is 0.600. The van der Waals surface area contributed by atoms with Crippen molar-refractivity contribution >= 4 is 35.2 Å². The summed E-state index contributed by atoms with van der Waals surface area (Å²) in [6.45, 7) is 8.87. The number of morpholine rings is 1. The average molecular weight is 428 g/mol. The molecule has 1 atom stereocenters. The average Bonchev–Trinajstić information content (AvgIpc) is 2.72. The van der Waals surface area contributed by atoms with Crippen molar-refractivity contribution in [3.05, 3.63) is 34.9 Å². The van der Waals surface area contributed by atoms with Crippen LogP contribution in [0.15, 0.2) is 24.3 Å². The normalized spacial score (nSPS) is 15.5. The third-order valence-corrected chi connectivity index (χ3v) is 6.09. The van der Waals surface area contributed by atoms with E-state index in [9.17, 15) is 9.59 Å². The van der Waals surface area contributed by atoms with Gasteiger partial charge in [0.15, 0.2) is 0 Å². The Bertz CT molecular complexity index is 637. The number of amides is 2. The molecule has 1 aromatic rings. The van der Waals surface area contributed by atoms with Gasteiger partial charge in [-0.1, -0.05) is 43.6 Å². The Labute approximate surface area is 176 Å². The van der Waals surface area contributed by atoms with Crippen LogP contribution in [0.3, 0.4) is 0 Å². The molecule has 1 fully saturated rings. The number of ether oxygens (including phenoxy) is 1. The predicted molar refractivity (Wildman–Crippen MR) is 115 cm³/mol. The fourth-order valence-electron chi connectivity index (χ4n) is 3.24. The second kappa shape index (κ2) is 12.3. The minimum Gasteiger partial charge on any atom is -0.378 e. The smallest absolute Gasteiger partial charge is 0.232 e. The van der Waals surface area contributed by atoms with E-state index in [-0.39, 0.29) is 23.6 Å². The Morgan fingerprint density at radius 1 is 1.21 bits per heavy atom. The SMILES string of the molecule is CCN(CC)C(CNC(=O)CSCC(=O)N1CCOCC1)c1ccccc1Cl. The molecule has 0 bridgehead atoms. The highest BCUT2D eigenvalue weighted by Gasteiger charge is 2.21. The molecule has 1 aliphatic rings. The highest BCUT2D eigenvalue weighted by molar-refractivity contribution is 8.00. The molecule has 2 amide bonds. The molecule has 6 nitrogen and oxygen atoms in total. The van der Waals surface area contributed by atoms with Crippen LogP contribution in [0.4, 0.5) is 0 Å². The molecule has 0 radical (unpaired) electrons. The Hall–Kier alpha value is -1.28. The first-order valence-electron chi connectivity index (χ1n) is 9.75. The Morgan fingerprint density at radius 3 is 2.54 bits per heavy atom. The van der Waals surface area contributed by atoms with E-state index in [1.54, 1.807) is 4.90 Å². The van der Waals surface area contributed by atoms with Crippen LogP contribution in [0, 0.1) is 0 Å². The quantitative estimate of drug-likeness (QED) is 0.621. The van der Waals surface area contributed by atoms with E-state index in [4.69, 9.17) is 16.3 Å². The molecule has 0 aromatic heterocycles. The monoisotopic (exact) mass is 427 g/mol. The summed E-state index contributed by atoms with van der Waals surface area (Å²) in [6.07, 6.45) is 0. The van der Waals surface area contributed by atoms with Crippen molar-refractivity contribution < 1.29 is 14.3 Å². The minimum atomic E-state index is -0.0658. The maximum atomic E-state index is 12.3. The lowest BCUT2D eigenvalue weighted by Crippen LogP contribution is -2.42. The number of rotatable bonds is 10. The molecule has 1 unspecified atom stereocenters. The van der Waals surface area contributed by atoms with E-state index >= 15 is 0 Å². The van der Waals surface area contributed by atoms with E-state index in [1.165, 1.54) is 11.8 Å². The van der Waals surface area contributed by atoms with Gasteiger partial charge in [-0.25, -0.2) is 0 Å². The number of carbonyl (C=O) groups excluding carboxylic acids is 2. The number of thioether (sulfide) groups is 1. The van der Waals surface area contributed by atoms with Gasteiger partial charge >= 0.3 is 0 Å². The van der Waals surface area contributed by atoms with Crippen LogP contribution in [0.1, 0.15) is 25.5 Å². The summed E-state index contributed by atoms with van der Waals surface area (Å²) in [4.78, 5) is 28.5. The Morgan fingerprint density at radius 2 is 1.89 bits per heavy atom. The molecule has 0 spiro atoms. The fourth-order valence-corrected chi connectivity index (χ4v) is 4.25. The van der Waals surface area contributed by atoms with Crippen LogP contribution >= 0.6 is 23.4 Å². The van der Waals surface area contributed by atoms with E-state index in [0.717, 1.165) is 18.7 Å². The van der Waals surface area contributed by atoms with Crippen molar-refractivity contribution in [1.29, 1.82) is 0 Å². The van der Waals surface area contributed by atoms with Gasteiger partial charge < -0.3 is 15.0 Å². The van der Waals surface area contributed by atoms with E-state index in [0.29, 0.717) is 43.6 Å². The maximum Gasteiger partial charge on any atom is 0.232 e. The van der Waals surface area contributed by atoms with Crippen LogP contribution in [0.5, 0.6) is 0 Å². The summed E-state index contributed by atoms with van der Waals surface area (Å²) in [7, 11) is 0. The Balaban J connectivity index is 1.82. The number of likely N-dealkylation sites (N-methyl/N-ethyl adjacent to an activating group) is 1. The molecule has 1 saturated heterocycles. The number of hydrogen-bond donors (Lipinski definition) is 1. The molecule has 28 heavy (non-hydrogen) atoms. The Kier molecular flexibility index (Phi) is 10.1. The molecular weight excluding hydrogens is 398 g/mol. The number of halogens is 1. The van der Waals surface area contributed by atoms with Crippen LogP contribution in [0.25, 0.3) is 0 Å². The van der Waals surface area contributed by atoms with Crippen molar-refractivity contribution in [3.8, 4) is 0 Å². The molecule has 1 aliphatic heterocycles. The molecule has 0 aliphatic carbocycles. The summed E-state index contributed by atoms with van der Waals surface area (Å²) in [5, 5.41) is 3.71. The van der Waals surface area contributed by atoms with Gasteiger partial charge in [-0.3, -0.25) is 14.5 Å². The maximum absolute atomic E-state index is 12.3. The first-order valence-corrected chi connectivity index (χ1v) is 11.3. The zero-order chi connectivity index (χ0) is 20.4. The first kappa shape index (κ1) is 23.0. The van der Waals surface area contributed by atoms with Crippen molar-refractivity contribution in [2.75, 3.05) is 57.4 Å². The highest BCUT2D eigenvalue weighted by atomic mass is 35.5. The lowest BCUT2D eigenvalue weighted by atomic mass is 10.0. The second-order valence-corrected chi connectivity index (χ2v) is 7.94. The van der Waals surface area contributed by atoms with E-state index < -0.39 is 0 Å². The number of hydrogen-bond acceptors (Lipinski definition) is 5. The van der Waals surface area contributed by atoms with Crippen LogP contribution in [0.2, 0.25) is 5.02 Å². The molecule has 2 rings (SSSR count). The van der Waals surface area contributed by atoms with Crippen LogP contribution < -0.4 is 5.32 Å². The summed E-state index contributed by atoms with van der Waals surface area (Å²) in [6, 6.07) is 7.78. The number of nitrogens with zero attached hydrogens (tertiary/aromatic N) is 2. The van der Waals surface area contributed by atoms with Gasteiger partial charge in [0.1, 0.15) is 0 Å². The molecule has 156 valence electrons. The minimum absolute atomic E-state index is 0.0210. The third kappa shape index (κ3) is 6.95. The molecule has 1 aromatic carbocycles. The summed E-state index contributed by atoms with van der Waals surface area (Å²) in [5.74, 6) is 0.586. The van der Waals surface area contributed by atoms with Gasteiger partial charge in [0, 0.05) is 24.7 Å². The lowest BCUT2D eigenvalue weighted by Gasteiger charge is -2.31. The molecular formula is C20H30ClN3O3S. The van der Waals surface area contributed by atoms with Gasteiger partial charge in [-0.2, -0.15) is 0 Å². The van der Waals surface area contributed by atoms with E-state index in [1.807, 2.05) is 24.3 Å². The van der Waals surface area contributed by atoms with Gasteiger partial charge in [0.05, 0.1) is 30.8 Å². The van der Waals surface area contributed by atoms with Gasteiger partial charge in [0.2, 0.25) is 11.8 Å². The topological polar surface area (TPSA) is 61.9 Å². The predicted octanol–water partition coefficient (Wildman–Crippen LogP) is 2.43. The number of carbonyl (C=O) groups is 2. The zero-order valence-corrected chi connectivity index (χ0v) is 18.2. The summed E-state index contributed by atoms with van der Waals surface area (Å²) < 4.78 is 5.25. The highest BCUT2D eigenvalue weighted by Crippen LogP contribution is 2.27. The molecule has 1 heterocycles. The van der Waals surface area contributed by atoms with Crippen LogP contribution in [-0.2, 0) is 14.3 Å². The second-order valence-electron chi connectivity index (χ2n) is 6.55. The van der Waals surface area contributed by atoms with Crippen molar-refractivity contribution in [3.63, 3.8) is 0 Å². The van der Waals surface area contributed by atoms with Gasteiger partial charge in [0.25, 0.3) is 0 Å². The van der Waals surface area contributed by atoms with Gasteiger partial charge in [-0.05, 0) is 24.7 Å². The largest absolute Gasteiger partial charge is 0.378 e. The first-order chi connectivity index (χ1) is 13.6. The van der Waals surface area contributed by atoms with Gasteiger partial charge in [-0.15, -0.1) is 11.8 Å². The summed E-state index contributed by atoms with van der Waals surface area (Å²) in [5.41, 5.74) is 1.02. The zero-order valence-electron chi connectivity index (χ0n) is 16.7. The number of benzene rings is 1. The third-order valence-electron chi connectivity index (χ3n) is 4.83. The molecule has 0 saturated carbocycles. The molecule has 8 heteroatoms. The number of nitrogens with one attached hydrogen (secondary N) is 1. The van der Waals surface area contributed by atoms with Crippen molar-refractivity contribution in [2.24, 2.45) is 0 Å². The lowest BCUT2D eigenvalue weighted by molar-refractivity contribution is -0.132. The van der Waals surface area contributed by atoms with Crippen molar-refractivity contribution in [2.45, 2.75) is 19.9 Å².